The summed E-state index contributed by atoms with van der Waals surface area (Å²) in [6.07, 6.45) is 28.0. The summed E-state index contributed by atoms with van der Waals surface area (Å²) in [5.41, 5.74) is 0. The van der Waals surface area contributed by atoms with Gasteiger partial charge in [0.1, 0.15) is 0 Å². The van der Waals surface area contributed by atoms with Crippen LogP contribution in [0, 0.1) is 5.92 Å². The average molecular weight is 451 g/mol. The van der Waals surface area contributed by atoms with E-state index in [0.29, 0.717) is 0 Å². The van der Waals surface area contributed by atoms with Crippen molar-refractivity contribution in [3.05, 3.63) is 0 Å². The molecule has 0 aliphatic heterocycles. The Morgan fingerprint density at radius 1 is 0.417 bits per heavy atom. The van der Waals surface area contributed by atoms with Gasteiger partial charge in [-0.25, -0.2) is 0 Å². The number of rotatable bonds is 20. The predicted molar refractivity (Wildman–Crippen MR) is 121 cm³/mol. The molecule has 0 aliphatic carbocycles. The monoisotopic (exact) mass is 450 g/mol. The largest absolute Gasteiger partial charge is 0.0864 e. The van der Waals surface area contributed by atoms with Gasteiger partial charge in [0.2, 0.25) is 0 Å². The summed E-state index contributed by atoms with van der Waals surface area (Å²) < 4.78 is 1.34. The summed E-state index contributed by atoms with van der Waals surface area (Å²) >= 11 is 2.49. The predicted octanol–water partition coefficient (Wildman–Crippen LogP) is 9.49. The fraction of sp³-hybridized carbons (Fsp3) is 1.00. The van der Waals surface area contributed by atoms with Gasteiger partial charge in [0.15, 0.2) is 0 Å². The highest BCUT2D eigenvalue weighted by molar-refractivity contribution is 14.1. The molecule has 0 N–H and O–H groups in total. The number of unbranched alkanes of at least 4 members (excludes halogenated alkanes) is 17. The first kappa shape index (κ1) is 24.7. The van der Waals surface area contributed by atoms with E-state index < -0.39 is 0 Å². The number of hydrogen-bond donors (Lipinski definition) is 0. The van der Waals surface area contributed by atoms with E-state index in [9.17, 15) is 0 Å². The minimum Gasteiger partial charge on any atom is -0.0864 e. The van der Waals surface area contributed by atoms with Gasteiger partial charge in [0.25, 0.3) is 0 Å². The van der Waals surface area contributed by atoms with Crippen molar-refractivity contribution >= 4 is 22.6 Å². The highest BCUT2D eigenvalue weighted by atomic mass is 127. The Morgan fingerprint density at radius 2 is 0.667 bits per heavy atom. The molecule has 146 valence electrons. The second kappa shape index (κ2) is 21.8. The number of hydrogen-bond acceptors (Lipinski definition) is 0. The first-order valence-corrected chi connectivity index (χ1v) is 12.9. The van der Waals surface area contributed by atoms with Crippen LogP contribution in [0.25, 0.3) is 0 Å². The molecule has 0 rings (SSSR count). The lowest BCUT2D eigenvalue weighted by atomic mass is 10.0. The van der Waals surface area contributed by atoms with Crippen LogP contribution >= 0.6 is 22.6 Å². The van der Waals surface area contributed by atoms with Crippen molar-refractivity contribution in [3.8, 4) is 0 Å². The summed E-state index contributed by atoms with van der Waals surface area (Å²) in [7, 11) is 0. The van der Waals surface area contributed by atoms with Crippen molar-refractivity contribution in [2.75, 3.05) is 4.43 Å². The molecule has 24 heavy (non-hydrogen) atoms. The van der Waals surface area contributed by atoms with E-state index in [-0.39, 0.29) is 0 Å². The maximum atomic E-state index is 2.49. The Morgan fingerprint density at radius 3 is 0.917 bits per heavy atom. The zero-order valence-electron chi connectivity index (χ0n) is 17.1. The highest BCUT2D eigenvalue weighted by Gasteiger charge is 1.96. The van der Waals surface area contributed by atoms with Crippen LogP contribution in [-0.2, 0) is 0 Å². The second-order valence-electron chi connectivity index (χ2n) is 8.24. The SMILES string of the molecule is CC(C)CCCCCCCCCCCCCCCCCCCCI. The summed E-state index contributed by atoms with van der Waals surface area (Å²) in [6.45, 7) is 4.68. The highest BCUT2D eigenvalue weighted by Crippen LogP contribution is 2.15. The van der Waals surface area contributed by atoms with Gasteiger partial charge in [-0.15, -0.1) is 0 Å². The molecule has 0 bridgehead atoms. The standard InChI is InChI=1S/C23H47I/c1-23(2)21-19-17-15-13-11-9-7-5-3-4-6-8-10-12-14-16-18-20-22-24/h23H,3-22H2,1-2H3. The normalized spacial score (nSPS) is 11.5. The van der Waals surface area contributed by atoms with Crippen LogP contribution in [0.4, 0.5) is 0 Å². The van der Waals surface area contributed by atoms with Crippen molar-refractivity contribution in [1.29, 1.82) is 0 Å². The quantitative estimate of drug-likeness (QED) is 0.0984. The minimum absolute atomic E-state index is 0.899. The zero-order chi connectivity index (χ0) is 17.7. The molecule has 0 aromatic carbocycles. The van der Waals surface area contributed by atoms with Gasteiger partial charge in [0, 0.05) is 0 Å². The van der Waals surface area contributed by atoms with Crippen LogP contribution in [-0.4, -0.2) is 4.43 Å². The number of halogens is 1. The van der Waals surface area contributed by atoms with E-state index in [1.54, 1.807) is 0 Å². The summed E-state index contributed by atoms with van der Waals surface area (Å²) in [4.78, 5) is 0. The lowest BCUT2D eigenvalue weighted by molar-refractivity contribution is 0.501. The molecule has 0 atom stereocenters. The van der Waals surface area contributed by atoms with Crippen molar-refractivity contribution in [2.45, 2.75) is 136 Å². The topological polar surface area (TPSA) is 0 Å². The van der Waals surface area contributed by atoms with Crippen molar-refractivity contribution < 1.29 is 0 Å². The van der Waals surface area contributed by atoms with Crippen molar-refractivity contribution in [2.24, 2.45) is 5.92 Å². The first-order valence-electron chi connectivity index (χ1n) is 11.3. The van der Waals surface area contributed by atoms with Gasteiger partial charge in [-0.1, -0.05) is 152 Å². The van der Waals surface area contributed by atoms with Gasteiger partial charge in [-0.3, -0.25) is 0 Å². The minimum atomic E-state index is 0.899. The third-order valence-electron chi connectivity index (χ3n) is 5.17. The first-order chi connectivity index (χ1) is 11.8. The van der Waals surface area contributed by atoms with Crippen molar-refractivity contribution in [3.63, 3.8) is 0 Å². The third-order valence-corrected chi connectivity index (χ3v) is 5.93. The van der Waals surface area contributed by atoms with Gasteiger partial charge in [-0.2, -0.15) is 0 Å². The molecule has 0 spiro atoms. The molecule has 0 aromatic rings. The van der Waals surface area contributed by atoms with Gasteiger partial charge in [-0.05, 0) is 16.8 Å². The third kappa shape index (κ3) is 22.7. The molecule has 0 heterocycles. The lowest BCUT2D eigenvalue weighted by Crippen LogP contribution is -1.87. The zero-order valence-corrected chi connectivity index (χ0v) is 19.3. The van der Waals surface area contributed by atoms with E-state index >= 15 is 0 Å². The van der Waals surface area contributed by atoms with Crippen LogP contribution in [0.3, 0.4) is 0 Å². The van der Waals surface area contributed by atoms with Gasteiger partial charge in [0.05, 0.1) is 0 Å². The molecule has 0 amide bonds. The second-order valence-corrected chi connectivity index (χ2v) is 9.31. The van der Waals surface area contributed by atoms with Crippen molar-refractivity contribution in [1.82, 2.24) is 0 Å². The van der Waals surface area contributed by atoms with Crippen LogP contribution in [0.5, 0.6) is 0 Å². The Bertz CT molecular complexity index is 212. The van der Waals surface area contributed by atoms with E-state index in [0.717, 1.165) is 5.92 Å². The molecule has 0 unspecified atom stereocenters. The molecule has 0 aromatic heterocycles. The summed E-state index contributed by atoms with van der Waals surface area (Å²) in [6, 6.07) is 0. The molecule has 0 nitrogen and oxygen atoms in total. The molecular weight excluding hydrogens is 403 g/mol. The maximum Gasteiger partial charge on any atom is -0.000473 e. The molecule has 1 heteroatoms. The molecule has 0 radical (unpaired) electrons. The van der Waals surface area contributed by atoms with E-state index in [1.165, 1.54) is 126 Å². The van der Waals surface area contributed by atoms with E-state index in [4.69, 9.17) is 0 Å². The molecule has 0 aliphatic rings. The molecule has 0 saturated heterocycles. The Labute approximate surface area is 168 Å². The smallest absolute Gasteiger partial charge is 0.000473 e. The van der Waals surface area contributed by atoms with Crippen LogP contribution in [0.2, 0.25) is 0 Å². The lowest BCUT2D eigenvalue weighted by Gasteiger charge is -2.05. The molecule has 0 fully saturated rings. The molecule has 0 saturated carbocycles. The van der Waals surface area contributed by atoms with Crippen LogP contribution in [0.1, 0.15) is 136 Å². The summed E-state index contributed by atoms with van der Waals surface area (Å²) in [5.74, 6) is 0.899. The average Bonchev–Trinajstić information content (AvgIpc) is 2.56. The van der Waals surface area contributed by atoms with Gasteiger partial charge >= 0.3 is 0 Å². The Hall–Kier alpha value is 0.730. The molecular formula is C23H47I. The van der Waals surface area contributed by atoms with E-state index in [1.807, 2.05) is 0 Å². The van der Waals surface area contributed by atoms with E-state index in [2.05, 4.69) is 36.4 Å². The van der Waals surface area contributed by atoms with Crippen LogP contribution in [0.15, 0.2) is 0 Å². The Balaban J connectivity index is 2.95. The van der Waals surface area contributed by atoms with Crippen LogP contribution < -0.4 is 0 Å². The fourth-order valence-corrected chi connectivity index (χ4v) is 4.01. The summed E-state index contributed by atoms with van der Waals surface area (Å²) in [5, 5.41) is 0. The Kier molecular flexibility index (Phi) is 22.4. The number of alkyl halides is 1. The maximum absolute atomic E-state index is 2.49. The fourth-order valence-electron chi connectivity index (χ4n) is 3.48. The van der Waals surface area contributed by atoms with Gasteiger partial charge < -0.3 is 0 Å².